The first-order chi connectivity index (χ1) is 8.94. The standard InChI is InChI=1S/C12H17FN2O3S/c13-10-5-4-9(14)6-12(10)19(17,18)15-11-3-1-2-8(11)7-16/h4-6,8,11,15-16H,1-3,7,14H2. The molecule has 1 aromatic carbocycles. The first kappa shape index (κ1) is 14.2. The van der Waals surface area contributed by atoms with Crippen molar-refractivity contribution >= 4 is 15.7 Å². The monoisotopic (exact) mass is 288 g/mol. The molecule has 1 aliphatic rings. The minimum atomic E-state index is -3.96. The van der Waals surface area contributed by atoms with Gasteiger partial charge in [-0.25, -0.2) is 17.5 Å². The zero-order valence-electron chi connectivity index (χ0n) is 10.3. The quantitative estimate of drug-likeness (QED) is 0.716. The zero-order valence-corrected chi connectivity index (χ0v) is 11.2. The van der Waals surface area contributed by atoms with Crippen molar-refractivity contribution in [1.82, 2.24) is 4.72 Å². The summed E-state index contributed by atoms with van der Waals surface area (Å²) in [6.45, 7) is -0.0768. The highest BCUT2D eigenvalue weighted by atomic mass is 32.2. The van der Waals surface area contributed by atoms with Crippen molar-refractivity contribution in [2.24, 2.45) is 5.92 Å². The molecule has 0 bridgehead atoms. The topological polar surface area (TPSA) is 92.4 Å². The van der Waals surface area contributed by atoms with Crippen LogP contribution in [-0.4, -0.2) is 26.2 Å². The van der Waals surface area contributed by atoms with Gasteiger partial charge < -0.3 is 10.8 Å². The van der Waals surface area contributed by atoms with Crippen molar-refractivity contribution in [3.63, 3.8) is 0 Å². The smallest absolute Gasteiger partial charge is 0.243 e. The van der Waals surface area contributed by atoms with Gasteiger partial charge in [0.25, 0.3) is 0 Å². The van der Waals surface area contributed by atoms with E-state index in [1.807, 2.05) is 0 Å². The Balaban J connectivity index is 2.25. The van der Waals surface area contributed by atoms with Crippen LogP contribution in [0.3, 0.4) is 0 Å². The summed E-state index contributed by atoms with van der Waals surface area (Å²) in [5, 5.41) is 9.17. The van der Waals surface area contributed by atoms with Crippen LogP contribution in [0.2, 0.25) is 0 Å². The summed E-state index contributed by atoms with van der Waals surface area (Å²) in [6.07, 6.45) is 2.26. The van der Waals surface area contributed by atoms with Gasteiger partial charge in [0.15, 0.2) is 0 Å². The molecule has 2 unspecified atom stereocenters. The predicted molar refractivity (Wildman–Crippen MR) is 69.3 cm³/mol. The highest BCUT2D eigenvalue weighted by Gasteiger charge is 2.31. The third-order valence-corrected chi connectivity index (χ3v) is 4.95. The third kappa shape index (κ3) is 3.05. The van der Waals surface area contributed by atoms with Crippen LogP contribution in [0.5, 0.6) is 0 Å². The van der Waals surface area contributed by atoms with Gasteiger partial charge in [-0.3, -0.25) is 0 Å². The van der Waals surface area contributed by atoms with Gasteiger partial charge in [-0.15, -0.1) is 0 Å². The molecule has 0 aromatic heterocycles. The molecule has 2 rings (SSSR count). The molecule has 1 aliphatic carbocycles. The SMILES string of the molecule is Nc1ccc(F)c(S(=O)(=O)NC2CCCC2CO)c1. The summed E-state index contributed by atoms with van der Waals surface area (Å²) < 4.78 is 40.3. The first-order valence-corrected chi connectivity index (χ1v) is 7.60. The maximum atomic E-state index is 13.6. The van der Waals surface area contributed by atoms with Gasteiger partial charge in [-0.1, -0.05) is 6.42 Å². The van der Waals surface area contributed by atoms with Crippen molar-refractivity contribution < 1.29 is 17.9 Å². The van der Waals surface area contributed by atoms with Gasteiger partial charge in [0.2, 0.25) is 10.0 Å². The molecule has 19 heavy (non-hydrogen) atoms. The lowest BCUT2D eigenvalue weighted by molar-refractivity contribution is 0.213. The summed E-state index contributed by atoms with van der Waals surface area (Å²) >= 11 is 0. The highest BCUT2D eigenvalue weighted by molar-refractivity contribution is 7.89. The number of nitrogens with one attached hydrogen (secondary N) is 1. The Morgan fingerprint density at radius 1 is 1.42 bits per heavy atom. The molecule has 0 spiro atoms. The minimum absolute atomic E-state index is 0.0768. The predicted octanol–water partition coefficient (Wildman–Crippen LogP) is 0.847. The number of aliphatic hydroxyl groups is 1. The highest BCUT2D eigenvalue weighted by Crippen LogP contribution is 2.27. The van der Waals surface area contributed by atoms with Crippen LogP contribution in [-0.2, 0) is 10.0 Å². The van der Waals surface area contributed by atoms with Crippen LogP contribution in [0, 0.1) is 11.7 Å². The lowest BCUT2D eigenvalue weighted by atomic mass is 10.1. The number of halogens is 1. The number of hydrogen-bond acceptors (Lipinski definition) is 4. The van der Waals surface area contributed by atoms with Crippen molar-refractivity contribution in [3.8, 4) is 0 Å². The molecule has 5 nitrogen and oxygen atoms in total. The number of benzene rings is 1. The van der Waals surface area contributed by atoms with E-state index >= 15 is 0 Å². The number of nitrogen functional groups attached to an aromatic ring is 1. The van der Waals surface area contributed by atoms with E-state index in [0.717, 1.165) is 25.0 Å². The number of hydrogen-bond donors (Lipinski definition) is 3. The lowest BCUT2D eigenvalue weighted by Crippen LogP contribution is -2.38. The molecule has 0 aliphatic heterocycles. The van der Waals surface area contributed by atoms with E-state index < -0.39 is 20.7 Å². The van der Waals surface area contributed by atoms with E-state index in [-0.39, 0.29) is 24.3 Å². The van der Waals surface area contributed by atoms with Gasteiger partial charge in [0, 0.05) is 18.3 Å². The van der Waals surface area contributed by atoms with E-state index in [9.17, 15) is 17.9 Å². The number of rotatable bonds is 4. The van der Waals surface area contributed by atoms with Gasteiger partial charge in [-0.2, -0.15) is 0 Å². The number of anilines is 1. The molecule has 4 N–H and O–H groups in total. The number of sulfonamides is 1. The number of aliphatic hydroxyl groups excluding tert-OH is 1. The van der Waals surface area contributed by atoms with Crippen LogP contribution in [0.25, 0.3) is 0 Å². The second kappa shape index (κ2) is 5.44. The van der Waals surface area contributed by atoms with Crippen molar-refractivity contribution in [1.29, 1.82) is 0 Å². The van der Waals surface area contributed by atoms with Crippen LogP contribution in [0.4, 0.5) is 10.1 Å². The maximum absolute atomic E-state index is 13.6. The summed E-state index contributed by atoms with van der Waals surface area (Å²) in [7, 11) is -3.96. The summed E-state index contributed by atoms with van der Waals surface area (Å²) in [4.78, 5) is -0.448. The molecule has 0 radical (unpaired) electrons. The second-order valence-electron chi connectivity index (χ2n) is 4.79. The van der Waals surface area contributed by atoms with Gasteiger partial charge in [-0.05, 0) is 37.0 Å². The van der Waals surface area contributed by atoms with E-state index in [1.54, 1.807) is 0 Å². The molecule has 106 valence electrons. The Morgan fingerprint density at radius 3 is 2.84 bits per heavy atom. The Labute approximate surface area is 111 Å². The Hall–Kier alpha value is -1.18. The Bertz CT molecular complexity index is 562. The molecular formula is C12H17FN2O3S. The van der Waals surface area contributed by atoms with Crippen LogP contribution in [0.15, 0.2) is 23.1 Å². The van der Waals surface area contributed by atoms with E-state index in [2.05, 4.69) is 4.72 Å². The van der Waals surface area contributed by atoms with Crippen LogP contribution < -0.4 is 10.5 Å². The number of nitrogens with two attached hydrogens (primary N) is 1. The molecular weight excluding hydrogens is 271 g/mol. The van der Waals surface area contributed by atoms with E-state index in [1.165, 1.54) is 6.07 Å². The molecule has 1 saturated carbocycles. The Morgan fingerprint density at radius 2 is 2.16 bits per heavy atom. The molecule has 1 fully saturated rings. The average Bonchev–Trinajstić information content (AvgIpc) is 2.78. The zero-order chi connectivity index (χ0) is 14.0. The minimum Gasteiger partial charge on any atom is -0.399 e. The largest absolute Gasteiger partial charge is 0.399 e. The fourth-order valence-corrected chi connectivity index (χ4v) is 3.85. The normalized spacial score (nSPS) is 23.7. The van der Waals surface area contributed by atoms with Gasteiger partial charge in [0.1, 0.15) is 10.7 Å². The molecule has 0 saturated heterocycles. The molecule has 0 heterocycles. The molecule has 7 heteroatoms. The average molecular weight is 288 g/mol. The molecule has 0 amide bonds. The fraction of sp³-hybridized carbons (Fsp3) is 0.500. The van der Waals surface area contributed by atoms with E-state index in [0.29, 0.717) is 6.42 Å². The van der Waals surface area contributed by atoms with Crippen molar-refractivity contribution in [3.05, 3.63) is 24.0 Å². The van der Waals surface area contributed by atoms with Crippen molar-refractivity contribution in [2.45, 2.75) is 30.2 Å². The summed E-state index contributed by atoms with van der Waals surface area (Å²) in [5.41, 5.74) is 5.67. The van der Waals surface area contributed by atoms with E-state index in [4.69, 9.17) is 5.73 Å². The fourth-order valence-electron chi connectivity index (χ4n) is 2.40. The molecule has 1 aromatic rings. The van der Waals surface area contributed by atoms with Crippen LogP contribution >= 0.6 is 0 Å². The van der Waals surface area contributed by atoms with Gasteiger partial charge in [0.05, 0.1) is 0 Å². The first-order valence-electron chi connectivity index (χ1n) is 6.12. The second-order valence-corrected chi connectivity index (χ2v) is 6.47. The molecule has 2 atom stereocenters. The Kier molecular flexibility index (Phi) is 4.07. The van der Waals surface area contributed by atoms with Crippen molar-refractivity contribution in [2.75, 3.05) is 12.3 Å². The summed E-state index contributed by atoms with van der Waals surface area (Å²) in [6, 6.07) is 3.08. The third-order valence-electron chi connectivity index (χ3n) is 3.44. The lowest BCUT2D eigenvalue weighted by Gasteiger charge is -2.19. The summed E-state index contributed by atoms with van der Waals surface area (Å²) in [5.74, 6) is -0.945. The van der Waals surface area contributed by atoms with Gasteiger partial charge >= 0.3 is 0 Å². The maximum Gasteiger partial charge on any atom is 0.243 e. The van der Waals surface area contributed by atoms with Crippen LogP contribution in [0.1, 0.15) is 19.3 Å².